The van der Waals surface area contributed by atoms with Crippen molar-refractivity contribution in [2.24, 2.45) is 5.73 Å². The van der Waals surface area contributed by atoms with E-state index in [9.17, 15) is 22.8 Å². The van der Waals surface area contributed by atoms with Gasteiger partial charge in [0.15, 0.2) is 11.6 Å². The van der Waals surface area contributed by atoms with Crippen molar-refractivity contribution in [2.45, 2.75) is 18.9 Å². The van der Waals surface area contributed by atoms with Gasteiger partial charge in [-0.15, -0.1) is 0 Å². The van der Waals surface area contributed by atoms with Gasteiger partial charge in [-0.2, -0.15) is 0 Å². The number of fused-ring (bicyclic) bond motifs is 1. The molecule has 3 rings (SSSR count). The molecule has 0 saturated carbocycles. The summed E-state index contributed by atoms with van der Waals surface area (Å²) in [6.45, 7) is 1.29. The number of ether oxygens (including phenoxy) is 1. The molecular weight excluding hydrogens is 361 g/mol. The quantitative estimate of drug-likeness (QED) is 0.840. The summed E-state index contributed by atoms with van der Waals surface area (Å²) in [5.74, 6) is -4.63. The zero-order chi connectivity index (χ0) is 19.8. The van der Waals surface area contributed by atoms with Crippen LogP contribution in [0.25, 0.3) is 0 Å². The first-order valence-electron chi connectivity index (χ1n) is 8.31. The fraction of sp³-hybridized carbons (Fsp3) is 0.263. The summed E-state index contributed by atoms with van der Waals surface area (Å²) < 4.78 is 48.1. The first-order valence-corrected chi connectivity index (χ1v) is 8.31. The van der Waals surface area contributed by atoms with Crippen LogP contribution in [0.4, 0.5) is 18.9 Å². The van der Waals surface area contributed by atoms with Gasteiger partial charge < -0.3 is 10.5 Å². The summed E-state index contributed by atoms with van der Waals surface area (Å²) in [6, 6.07) is 6.77. The minimum absolute atomic E-state index is 0.0156. The molecule has 2 aromatic rings. The number of amides is 2. The van der Waals surface area contributed by atoms with Gasteiger partial charge in [0.05, 0.1) is 11.3 Å². The number of carbonyl (C=O) groups is 2. The minimum atomic E-state index is -2.04. The average Bonchev–Trinajstić information content (AvgIpc) is 2.86. The Morgan fingerprint density at radius 1 is 1.15 bits per heavy atom. The fourth-order valence-corrected chi connectivity index (χ4v) is 3.24. The number of hydrogen-bond donors (Lipinski definition) is 1. The summed E-state index contributed by atoms with van der Waals surface area (Å²) in [7, 11) is 0. The van der Waals surface area contributed by atoms with Crippen molar-refractivity contribution in [2.75, 3.05) is 18.1 Å². The van der Waals surface area contributed by atoms with Gasteiger partial charge in [0.2, 0.25) is 11.5 Å². The Hall–Kier alpha value is -2.87. The van der Waals surface area contributed by atoms with E-state index in [-0.39, 0.29) is 23.4 Å². The van der Waals surface area contributed by atoms with Crippen molar-refractivity contribution in [3.63, 3.8) is 0 Å². The smallest absolute Gasteiger partial charge is 0.269 e. The van der Waals surface area contributed by atoms with E-state index in [0.29, 0.717) is 6.42 Å². The standard InChI is InChI=1S/C19H17F3N2O3/c1-2-9-27-19(11-3-5-12(20)6-4-11)16-14(8-7-13(21)17(16)22)24(18(19)26)10-15(23)25/h3-8H,2,9-10H2,1H3,(H2,23,25)/t19-/m0/s1. The first-order chi connectivity index (χ1) is 12.8. The fourth-order valence-electron chi connectivity index (χ4n) is 3.24. The highest BCUT2D eigenvalue weighted by atomic mass is 19.2. The van der Waals surface area contributed by atoms with E-state index < -0.39 is 41.4 Å². The number of primary amides is 1. The molecule has 1 aliphatic heterocycles. The van der Waals surface area contributed by atoms with Crippen LogP contribution in [-0.4, -0.2) is 25.0 Å². The molecule has 1 atom stereocenters. The van der Waals surface area contributed by atoms with Crippen molar-refractivity contribution in [1.82, 2.24) is 0 Å². The molecule has 1 heterocycles. The predicted molar refractivity (Wildman–Crippen MR) is 91.3 cm³/mol. The van der Waals surface area contributed by atoms with Gasteiger partial charge in [0, 0.05) is 6.61 Å². The second-order valence-electron chi connectivity index (χ2n) is 6.15. The summed E-state index contributed by atoms with van der Waals surface area (Å²) in [5, 5.41) is 0. The van der Waals surface area contributed by atoms with Crippen LogP contribution in [0.3, 0.4) is 0 Å². The number of nitrogens with zero attached hydrogens (tertiary/aromatic N) is 1. The molecule has 2 amide bonds. The van der Waals surface area contributed by atoms with Crippen LogP contribution in [0, 0.1) is 17.5 Å². The zero-order valence-corrected chi connectivity index (χ0v) is 14.5. The molecule has 0 unspecified atom stereocenters. The van der Waals surface area contributed by atoms with E-state index in [2.05, 4.69) is 0 Å². The summed E-state index contributed by atoms with van der Waals surface area (Å²) in [4.78, 5) is 25.7. The van der Waals surface area contributed by atoms with Crippen molar-refractivity contribution in [1.29, 1.82) is 0 Å². The molecule has 0 bridgehead atoms. The van der Waals surface area contributed by atoms with Crippen LogP contribution < -0.4 is 10.6 Å². The second-order valence-corrected chi connectivity index (χ2v) is 6.15. The number of rotatable bonds is 6. The molecule has 0 spiro atoms. The van der Waals surface area contributed by atoms with E-state index >= 15 is 0 Å². The summed E-state index contributed by atoms with van der Waals surface area (Å²) >= 11 is 0. The number of halogens is 3. The van der Waals surface area contributed by atoms with E-state index in [4.69, 9.17) is 10.5 Å². The van der Waals surface area contributed by atoms with Crippen LogP contribution in [-0.2, 0) is 19.9 Å². The molecule has 0 saturated heterocycles. The highest BCUT2D eigenvalue weighted by Gasteiger charge is 2.56. The summed E-state index contributed by atoms with van der Waals surface area (Å²) in [6.07, 6.45) is 0.484. The molecule has 142 valence electrons. The molecule has 0 aromatic heterocycles. The van der Waals surface area contributed by atoms with E-state index in [1.165, 1.54) is 18.2 Å². The van der Waals surface area contributed by atoms with Crippen molar-refractivity contribution < 1.29 is 27.5 Å². The van der Waals surface area contributed by atoms with Gasteiger partial charge in [-0.25, -0.2) is 13.2 Å². The maximum Gasteiger partial charge on any atom is 0.269 e. The van der Waals surface area contributed by atoms with Gasteiger partial charge in [0.25, 0.3) is 5.91 Å². The van der Waals surface area contributed by atoms with Gasteiger partial charge in [-0.1, -0.05) is 19.1 Å². The molecular formula is C19H17F3N2O3. The van der Waals surface area contributed by atoms with Gasteiger partial charge in [0.1, 0.15) is 12.4 Å². The highest BCUT2D eigenvalue weighted by molar-refractivity contribution is 6.11. The number of hydrogen-bond acceptors (Lipinski definition) is 3. The van der Waals surface area contributed by atoms with Gasteiger partial charge >= 0.3 is 0 Å². The molecule has 0 radical (unpaired) electrons. The third kappa shape index (κ3) is 2.95. The van der Waals surface area contributed by atoms with Gasteiger partial charge in [-0.05, 0) is 36.2 Å². The maximum absolute atomic E-state index is 14.8. The van der Waals surface area contributed by atoms with Crippen LogP contribution in [0.5, 0.6) is 0 Å². The van der Waals surface area contributed by atoms with E-state index in [1.54, 1.807) is 6.92 Å². The maximum atomic E-state index is 14.8. The normalized spacial score (nSPS) is 18.7. The molecule has 2 aromatic carbocycles. The van der Waals surface area contributed by atoms with Crippen LogP contribution in [0.1, 0.15) is 24.5 Å². The molecule has 1 aliphatic rings. The number of benzene rings is 2. The Morgan fingerprint density at radius 2 is 1.81 bits per heavy atom. The number of carbonyl (C=O) groups excluding carboxylic acids is 2. The van der Waals surface area contributed by atoms with Crippen LogP contribution in [0.2, 0.25) is 0 Å². The lowest BCUT2D eigenvalue weighted by molar-refractivity contribution is -0.139. The third-order valence-corrected chi connectivity index (χ3v) is 4.35. The van der Waals surface area contributed by atoms with Crippen molar-refractivity contribution in [3.05, 3.63) is 65.0 Å². The van der Waals surface area contributed by atoms with Crippen LogP contribution in [0.15, 0.2) is 36.4 Å². The van der Waals surface area contributed by atoms with Crippen molar-refractivity contribution in [3.8, 4) is 0 Å². The Balaban J connectivity index is 2.32. The van der Waals surface area contributed by atoms with Gasteiger partial charge in [-0.3, -0.25) is 14.5 Å². The lowest BCUT2D eigenvalue weighted by Crippen LogP contribution is -2.46. The van der Waals surface area contributed by atoms with Crippen LogP contribution >= 0.6 is 0 Å². The second kappa shape index (κ2) is 7.03. The number of anilines is 1. The Morgan fingerprint density at radius 3 is 2.41 bits per heavy atom. The van der Waals surface area contributed by atoms with Crippen molar-refractivity contribution >= 4 is 17.5 Å². The minimum Gasteiger partial charge on any atom is -0.368 e. The third-order valence-electron chi connectivity index (χ3n) is 4.35. The first kappa shape index (κ1) is 18.9. The molecule has 8 heteroatoms. The molecule has 2 N–H and O–H groups in total. The number of nitrogens with two attached hydrogens (primary N) is 1. The predicted octanol–water partition coefficient (Wildman–Crippen LogP) is 2.61. The summed E-state index contributed by atoms with van der Waals surface area (Å²) in [5.41, 5.74) is 2.93. The zero-order valence-electron chi connectivity index (χ0n) is 14.5. The lowest BCUT2D eigenvalue weighted by atomic mass is 9.86. The Labute approximate surface area is 153 Å². The highest BCUT2D eigenvalue weighted by Crippen LogP contribution is 2.48. The Kier molecular flexibility index (Phi) is 4.93. The molecule has 5 nitrogen and oxygen atoms in total. The molecule has 0 fully saturated rings. The monoisotopic (exact) mass is 378 g/mol. The average molecular weight is 378 g/mol. The molecule has 0 aliphatic carbocycles. The molecule has 27 heavy (non-hydrogen) atoms. The Bertz CT molecular complexity index is 902. The van der Waals surface area contributed by atoms with E-state index in [0.717, 1.165) is 23.1 Å². The topological polar surface area (TPSA) is 72.6 Å². The largest absolute Gasteiger partial charge is 0.368 e. The SMILES string of the molecule is CCCO[C@]1(c2ccc(F)cc2)C(=O)N(CC(N)=O)c2ccc(F)c(F)c21. The lowest BCUT2D eigenvalue weighted by Gasteiger charge is -2.29. The van der Waals surface area contributed by atoms with E-state index in [1.807, 2.05) is 0 Å².